The fourth-order valence-corrected chi connectivity index (χ4v) is 4.02. The molecular weight excluding hydrogens is 426 g/mol. The number of carbonyl (C=O) groups is 2. The second-order valence-corrected chi connectivity index (χ2v) is 8.99. The molecule has 2 amide bonds. The monoisotopic (exact) mass is 451 g/mol. The van der Waals surface area contributed by atoms with E-state index in [-0.39, 0.29) is 23.8 Å². The molecule has 0 saturated carbocycles. The molecule has 7 nitrogen and oxygen atoms in total. The summed E-state index contributed by atoms with van der Waals surface area (Å²) in [7, 11) is -3.68. The van der Waals surface area contributed by atoms with Crippen molar-refractivity contribution >= 4 is 27.5 Å². The molecule has 0 aliphatic heterocycles. The van der Waals surface area contributed by atoms with E-state index in [4.69, 9.17) is 0 Å². The Bertz CT molecular complexity index is 1180. The summed E-state index contributed by atoms with van der Waals surface area (Å²) in [5, 5.41) is 5.54. The van der Waals surface area contributed by atoms with Crippen LogP contribution in [0, 0.1) is 6.92 Å². The van der Waals surface area contributed by atoms with Gasteiger partial charge in [0.2, 0.25) is 15.9 Å². The number of carbonyl (C=O) groups excluding carboxylic acids is 2. The van der Waals surface area contributed by atoms with Crippen LogP contribution in [0.2, 0.25) is 0 Å². The van der Waals surface area contributed by atoms with Gasteiger partial charge in [-0.25, -0.2) is 13.1 Å². The highest BCUT2D eigenvalue weighted by Crippen LogP contribution is 2.16. The summed E-state index contributed by atoms with van der Waals surface area (Å²) < 4.78 is 26.9. The van der Waals surface area contributed by atoms with E-state index in [0.717, 1.165) is 11.1 Å². The molecule has 0 atom stereocenters. The lowest BCUT2D eigenvalue weighted by Gasteiger charge is -2.12. The number of amides is 2. The van der Waals surface area contributed by atoms with E-state index < -0.39 is 15.9 Å². The molecule has 0 heterocycles. The Labute approximate surface area is 187 Å². The zero-order valence-corrected chi connectivity index (χ0v) is 18.5. The summed E-state index contributed by atoms with van der Waals surface area (Å²) in [5.41, 5.74) is 2.80. The molecule has 0 aliphatic carbocycles. The highest BCUT2D eigenvalue weighted by atomic mass is 32.2. The molecule has 0 bridgehead atoms. The minimum Gasteiger partial charge on any atom is -0.348 e. The van der Waals surface area contributed by atoms with Crippen LogP contribution >= 0.6 is 0 Å². The molecular formula is C24H25N3O4S. The fraction of sp³-hybridized carbons (Fsp3) is 0.167. The van der Waals surface area contributed by atoms with Crippen LogP contribution in [-0.2, 0) is 21.4 Å². The van der Waals surface area contributed by atoms with Gasteiger partial charge in [0.25, 0.3) is 5.91 Å². The van der Waals surface area contributed by atoms with Crippen molar-refractivity contribution in [1.29, 1.82) is 0 Å². The molecule has 3 aromatic rings. The van der Waals surface area contributed by atoms with E-state index in [9.17, 15) is 18.0 Å². The Morgan fingerprint density at radius 3 is 2.22 bits per heavy atom. The van der Waals surface area contributed by atoms with Crippen LogP contribution < -0.4 is 15.4 Å². The van der Waals surface area contributed by atoms with Crippen LogP contribution in [0.1, 0.15) is 27.9 Å². The number of aryl methyl sites for hydroxylation is 1. The first-order valence-electron chi connectivity index (χ1n) is 10.1. The second kappa shape index (κ2) is 10.7. The van der Waals surface area contributed by atoms with Crippen molar-refractivity contribution in [3.63, 3.8) is 0 Å². The maximum absolute atomic E-state index is 12.6. The van der Waals surface area contributed by atoms with Gasteiger partial charge in [-0.2, -0.15) is 0 Å². The van der Waals surface area contributed by atoms with Gasteiger partial charge in [0.15, 0.2) is 0 Å². The molecule has 0 aliphatic rings. The molecule has 0 radical (unpaired) electrons. The highest BCUT2D eigenvalue weighted by molar-refractivity contribution is 7.89. The zero-order valence-electron chi connectivity index (χ0n) is 17.7. The lowest BCUT2D eigenvalue weighted by molar-refractivity contribution is -0.116. The molecule has 8 heteroatoms. The third-order valence-corrected chi connectivity index (χ3v) is 6.19. The maximum atomic E-state index is 12.6. The molecule has 3 N–H and O–H groups in total. The van der Waals surface area contributed by atoms with E-state index in [2.05, 4.69) is 15.4 Å². The minimum atomic E-state index is -3.68. The number of para-hydroxylation sites is 1. The smallest absolute Gasteiger partial charge is 0.253 e. The number of sulfonamides is 1. The molecule has 32 heavy (non-hydrogen) atoms. The van der Waals surface area contributed by atoms with E-state index in [1.165, 1.54) is 12.1 Å². The molecule has 166 valence electrons. The summed E-state index contributed by atoms with van der Waals surface area (Å²) in [6, 6.07) is 22.5. The van der Waals surface area contributed by atoms with Crippen molar-refractivity contribution in [3.05, 3.63) is 95.6 Å². The van der Waals surface area contributed by atoms with E-state index in [1.807, 2.05) is 31.2 Å². The van der Waals surface area contributed by atoms with Crippen molar-refractivity contribution in [2.24, 2.45) is 0 Å². The molecule has 0 spiro atoms. The van der Waals surface area contributed by atoms with Crippen LogP contribution in [0.15, 0.2) is 83.8 Å². The summed E-state index contributed by atoms with van der Waals surface area (Å²) in [6.45, 7) is 2.29. The lowest BCUT2D eigenvalue weighted by atomic mass is 10.1. The average molecular weight is 452 g/mol. The van der Waals surface area contributed by atoms with Gasteiger partial charge in [-0.3, -0.25) is 9.59 Å². The van der Waals surface area contributed by atoms with Gasteiger partial charge in [-0.05, 0) is 36.8 Å². The number of rotatable bonds is 9. The van der Waals surface area contributed by atoms with Crippen LogP contribution in [0.5, 0.6) is 0 Å². The lowest BCUT2D eigenvalue weighted by Crippen LogP contribution is -2.28. The van der Waals surface area contributed by atoms with Crippen LogP contribution in [-0.4, -0.2) is 26.8 Å². The summed E-state index contributed by atoms with van der Waals surface area (Å²) >= 11 is 0. The number of hydrogen-bond donors (Lipinski definition) is 3. The first-order valence-corrected chi connectivity index (χ1v) is 11.6. The van der Waals surface area contributed by atoms with Crippen molar-refractivity contribution in [3.8, 4) is 0 Å². The zero-order chi connectivity index (χ0) is 23.0. The largest absolute Gasteiger partial charge is 0.348 e. The Kier molecular flexibility index (Phi) is 7.75. The minimum absolute atomic E-state index is 0.0646. The average Bonchev–Trinajstić information content (AvgIpc) is 2.79. The molecule has 0 fully saturated rings. The summed E-state index contributed by atoms with van der Waals surface area (Å²) in [6.07, 6.45) is -0.0780. The predicted molar refractivity (Wildman–Crippen MR) is 124 cm³/mol. The van der Waals surface area contributed by atoms with Crippen molar-refractivity contribution in [1.82, 2.24) is 10.0 Å². The second-order valence-electron chi connectivity index (χ2n) is 7.22. The van der Waals surface area contributed by atoms with Gasteiger partial charge >= 0.3 is 0 Å². The predicted octanol–water partition coefficient (Wildman–Crippen LogP) is 3.23. The third kappa shape index (κ3) is 6.50. The first-order chi connectivity index (χ1) is 15.3. The molecule has 3 aromatic carbocycles. The Hall–Kier alpha value is -3.49. The van der Waals surface area contributed by atoms with Gasteiger partial charge in [0.05, 0.1) is 16.1 Å². The van der Waals surface area contributed by atoms with E-state index in [0.29, 0.717) is 17.8 Å². The van der Waals surface area contributed by atoms with Crippen LogP contribution in [0.3, 0.4) is 0 Å². The quantitative estimate of drug-likeness (QED) is 0.465. The van der Waals surface area contributed by atoms with Crippen molar-refractivity contribution < 1.29 is 18.0 Å². The Balaban J connectivity index is 1.55. The van der Waals surface area contributed by atoms with Crippen LogP contribution in [0.25, 0.3) is 0 Å². The number of anilines is 1. The molecule has 0 saturated heterocycles. The van der Waals surface area contributed by atoms with Crippen molar-refractivity contribution in [2.75, 3.05) is 11.9 Å². The molecule has 3 rings (SSSR count). The molecule has 0 aromatic heterocycles. The number of nitrogens with one attached hydrogen (secondary N) is 3. The number of hydrogen-bond acceptors (Lipinski definition) is 4. The topological polar surface area (TPSA) is 104 Å². The SMILES string of the molecule is Cc1ccc(CNC(=O)c2ccccc2NC(=O)CCNS(=O)(=O)c2ccccc2)cc1. The highest BCUT2D eigenvalue weighted by Gasteiger charge is 2.15. The fourth-order valence-electron chi connectivity index (χ4n) is 2.97. The Morgan fingerprint density at radius 1 is 0.844 bits per heavy atom. The normalized spacial score (nSPS) is 11.0. The van der Waals surface area contributed by atoms with Gasteiger partial charge in [-0.1, -0.05) is 60.2 Å². The van der Waals surface area contributed by atoms with Crippen molar-refractivity contribution in [2.45, 2.75) is 24.8 Å². The summed E-state index contributed by atoms with van der Waals surface area (Å²) in [4.78, 5) is 25.1. The number of benzene rings is 3. The molecule has 0 unspecified atom stereocenters. The third-order valence-electron chi connectivity index (χ3n) is 4.72. The summed E-state index contributed by atoms with van der Waals surface area (Å²) in [5.74, 6) is -0.717. The van der Waals surface area contributed by atoms with E-state index >= 15 is 0 Å². The Morgan fingerprint density at radius 2 is 1.50 bits per heavy atom. The van der Waals surface area contributed by atoms with Gasteiger partial charge in [0, 0.05) is 19.5 Å². The van der Waals surface area contributed by atoms with Gasteiger partial charge in [-0.15, -0.1) is 0 Å². The standard InChI is InChI=1S/C24H25N3O4S/c1-18-11-13-19(14-12-18)17-25-24(29)21-9-5-6-10-22(21)27-23(28)15-16-26-32(30,31)20-7-3-2-4-8-20/h2-14,26H,15-17H2,1H3,(H,25,29)(H,27,28). The van der Waals surface area contributed by atoms with Gasteiger partial charge in [0.1, 0.15) is 0 Å². The maximum Gasteiger partial charge on any atom is 0.253 e. The first kappa shape index (κ1) is 23.2. The van der Waals surface area contributed by atoms with Gasteiger partial charge < -0.3 is 10.6 Å². The van der Waals surface area contributed by atoms with Crippen LogP contribution in [0.4, 0.5) is 5.69 Å². The van der Waals surface area contributed by atoms with E-state index in [1.54, 1.807) is 42.5 Å².